The number of nitrogens with one attached hydrogen (secondary N) is 1. The summed E-state index contributed by atoms with van der Waals surface area (Å²) >= 11 is 0. The largest absolute Gasteiger partial charge is 0.346 e. The van der Waals surface area contributed by atoms with E-state index in [-0.39, 0.29) is 11.9 Å². The molecule has 1 amide bonds. The molecule has 1 fully saturated rings. The number of hydrogen-bond donors (Lipinski definition) is 1. The Morgan fingerprint density at radius 2 is 2.32 bits per heavy atom. The van der Waals surface area contributed by atoms with Gasteiger partial charge >= 0.3 is 0 Å². The molecule has 0 aliphatic carbocycles. The molecule has 7 nitrogen and oxygen atoms in total. The number of carbonyl (C=O) groups excluding carboxylic acids is 1. The zero-order valence-corrected chi connectivity index (χ0v) is 14.2. The Hall–Kier alpha value is -2.70. The second-order valence-electron chi connectivity index (χ2n) is 6.51. The van der Waals surface area contributed by atoms with Gasteiger partial charge in [-0.15, -0.1) is 0 Å². The molecule has 25 heavy (non-hydrogen) atoms. The van der Waals surface area contributed by atoms with Gasteiger partial charge in [-0.05, 0) is 30.5 Å². The molecule has 0 aromatic carbocycles. The van der Waals surface area contributed by atoms with Crippen molar-refractivity contribution >= 4 is 16.9 Å². The number of fused-ring (bicyclic) bond motifs is 1. The van der Waals surface area contributed by atoms with Gasteiger partial charge < -0.3 is 14.4 Å². The van der Waals surface area contributed by atoms with Crippen LogP contribution in [0.4, 0.5) is 0 Å². The first-order chi connectivity index (χ1) is 12.2. The zero-order chi connectivity index (χ0) is 17.2. The van der Waals surface area contributed by atoms with Gasteiger partial charge in [0.25, 0.3) is 0 Å². The summed E-state index contributed by atoms with van der Waals surface area (Å²) in [4.78, 5) is 26.8. The topological polar surface area (TPSA) is 87.9 Å². The lowest BCUT2D eigenvalue weighted by atomic mass is 10.1. The SMILES string of the molecule is Cc1nc(C2CCCCCN2C(=O)Cc2c[nH]c3ncccc23)no1. The minimum Gasteiger partial charge on any atom is -0.346 e. The highest BCUT2D eigenvalue weighted by molar-refractivity contribution is 5.87. The fourth-order valence-electron chi connectivity index (χ4n) is 3.55. The minimum absolute atomic E-state index is 0.0964. The summed E-state index contributed by atoms with van der Waals surface area (Å²) in [6, 6.07) is 3.78. The molecule has 1 unspecified atom stereocenters. The van der Waals surface area contributed by atoms with Crippen LogP contribution < -0.4 is 0 Å². The number of pyridine rings is 1. The predicted molar refractivity (Wildman–Crippen MR) is 91.8 cm³/mol. The number of aromatic nitrogens is 4. The quantitative estimate of drug-likeness (QED) is 0.792. The van der Waals surface area contributed by atoms with Crippen molar-refractivity contribution in [3.8, 4) is 0 Å². The number of aryl methyl sites for hydroxylation is 1. The van der Waals surface area contributed by atoms with Crippen molar-refractivity contribution in [2.24, 2.45) is 0 Å². The molecule has 1 aliphatic rings. The monoisotopic (exact) mass is 339 g/mol. The first kappa shape index (κ1) is 15.8. The Kier molecular flexibility index (Phi) is 4.21. The number of H-pyrrole nitrogens is 1. The van der Waals surface area contributed by atoms with E-state index in [1.54, 1.807) is 13.1 Å². The lowest BCUT2D eigenvalue weighted by molar-refractivity contribution is -0.133. The van der Waals surface area contributed by atoms with E-state index in [1.807, 2.05) is 23.2 Å². The van der Waals surface area contributed by atoms with Crippen LogP contribution in [0.15, 0.2) is 29.0 Å². The Morgan fingerprint density at radius 1 is 1.40 bits per heavy atom. The van der Waals surface area contributed by atoms with Crippen LogP contribution in [0.5, 0.6) is 0 Å². The van der Waals surface area contributed by atoms with Gasteiger partial charge in [0, 0.05) is 31.2 Å². The number of nitrogens with zero attached hydrogens (tertiary/aromatic N) is 4. The van der Waals surface area contributed by atoms with Crippen LogP contribution in [0.3, 0.4) is 0 Å². The van der Waals surface area contributed by atoms with E-state index in [1.165, 1.54) is 0 Å². The molecule has 0 saturated carbocycles. The predicted octanol–water partition coefficient (Wildman–Crippen LogP) is 2.94. The van der Waals surface area contributed by atoms with Gasteiger partial charge in [0.2, 0.25) is 11.8 Å². The molecule has 0 radical (unpaired) electrons. The van der Waals surface area contributed by atoms with Gasteiger partial charge in [-0.2, -0.15) is 4.98 Å². The lowest BCUT2D eigenvalue weighted by Crippen LogP contribution is -2.36. The fourth-order valence-corrected chi connectivity index (χ4v) is 3.55. The maximum Gasteiger partial charge on any atom is 0.227 e. The summed E-state index contributed by atoms with van der Waals surface area (Å²) in [6.07, 6.45) is 8.04. The molecule has 4 heterocycles. The molecule has 1 saturated heterocycles. The molecule has 3 aromatic rings. The molecular weight excluding hydrogens is 318 g/mol. The average Bonchev–Trinajstić information content (AvgIpc) is 3.14. The number of rotatable bonds is 3. The van der Waals surface area contributed by atoms with Crippen molar-refractivity contribution in [1.29, 1.82) is 0 Å². The Morgan fingerprint density at radius 3 is 3.16 bits per heavy atom. The van der Waals surface area contributed by atoms with Crippen molar-refractivity contribution in [1.82, 2.24) is 25.0 Å². The van der Waals surface area contributed by atoms with E-state index in [0.717, 1.165) is 48.8 Å². The number of aromatic amines is 1. The molecule has 4 rings (SSSR count). The maximum absolute atomic E-state index is 13.1. The summed E-state index contributed by atoms with van der Waals surface area (Å²) in [7, 11) is 0. The molecule has 3 aromatic heterocycles. The van der Waals surface area contributed by atoms with E-state index in [2.05, 4.69) is 20.1 Å². The highest BCUT2D eigenvalue weighted by Crippen LogP contribution is 2.29. The summed E-state index contributed by atoms with van der Waals surface area (Å²) in [5, 5.41) is 5.06. The van der Waals surface area contributed by atoms with E-state index in [9.17, 15) is 4.79 Å². The van der Waals surface area contributed by atoms with E-state index < -0.39 is 0 Å². The van der Waals surface area contributed by atoms with Crippen LogP contribution in [0.2, 0.25) is 0 Å². The third-order valence-corrected chi connectivity index (χ3v) is 4.79. The second kappa shape index (κ2) is 6.66. The smallest absolute Gasteiger partial charge is 0.227 e. The van der Waals surface area contributed by atoms with Crippen LogP contribution >= 0.6 is 0 Å². The fraction of sp³-hybridized carbons (Fsp3) is 0.444. The summed E-state index contributed by atoms with van der Waals surface area (Å²) in [6.45, 7) is 2.51. The van der Waals surface area contributed by atoms with Gasteiger partial charge in [0.05, 0.1) is 12.5 Å². The van der Waals surface area contributed by atoms with Gasteiger partial charge in [-0.25, -0.2) is 4.98 Å². The third-order valence-electron chi connectivity index (χ3n) is 4.79. The maximum atomic E-state index is 13.1. The molecule has 1 N–H and O–H groups in total. The molecule has 7 heteroatoms. The van der Waals surface area contributed by atoms with Crippen molar-refractivity contribution in [2.45, 2.75) is 45.1 Å². The van der Waals surface area contributed by atoms with Crippen molar-refractivity contribution < 1.29 is 9.32 Å². The van der Waals surface area contributed by atoms with E-state index in [4.69, 9.17) is 4.52 Å². The van der Waals surface area contributed by atoms with Crippen LogP contribution in [-0.2, 0) is 11.2 Å². The second-order valence-corrected chi connectivity index (χ2v) is 6.51. The number of amides is 1. The van der Waals surface area contributed by atoms with Crippen LogP contribution in [0.1, 0.15) is 49.0 Å². The van der Waals surface area contributed by atoms with Gasteiger partial charge in [-0.1, -0.05) is 18.0 Å². The lowest BCUT2D eigenvalue weighted by Gasteiger charge is -2.27. The van der Waals surface area contributed by atoms with Gasteiger partial charge in [0.15, 0.2) is 5.82 Å². The van der Waals surface area contributed by atoms with Crippen LogP contribution in [0, 0.1) is 6.92 Å². The minimum atomic E-state index is -0.101. The van der Waals surface area contributed by atoms with Gasteiger partial charge in [0.1, 0.15) is 5.65 Å². The normalized spacial score (nSPS) is 18.4. The van der Waals surface area contributed by atoms with Crippen LogP contribution in [0.25, 0.3) is 11.0 Å². The highest BCUT2D eigenvalue weighted by Gasteiger charge is 2.30. The molecule has 1 aliphatic heterocycles. The Labute approximate surface area is 145 Å². The Bertz CT molecular complexity index is 884. The van der Waals surface area contributed by atoms with E-state index >= 15 is 0 Å². The Balaban J connectivity index is 1.59. The first-order valence-electron chi connectivity index (χ1n) is 8.73. The number of likely N-dealkylation sites (tertiary alicyclic amines) is 1. The number of hydrogen-bond acceptors (Lipinski definition) is 5. The zero-order valence-electron chi connectivity index (χ0n) is 14.2. The first-order valence-corrected chi connectivity index (χ1v) is 8.73. The molecule has 130 valence electrons. The summed E-state index contributed by atoms with van der Waals surface area (Å²) < 4.78 is 5.14. The van der Waals surface area contributed by atoms with Crippen molar-refractivity contribution in [3.63, 3.8) is 0 Å². The summed E-state index contributed by atoms with van der Waals surface area (Å²) in [5.41, 5.74) is 1.78. The standard InChI is InChI=1S/C18H21N5O2/c1-12-21-18(22-25-12)15-7-3-2-4-9-23(15)16(24)10-13-11-20-17-14(13)6-5-8-19-17/h5-6,8,11,15H,2-4,7,9-10H2,1H3,(H,19,20). The number of carbonyl (C=O) groups is 1. The van der Waals surface area contributed by atoms with E-state index in [0.29, 0.717) is 18.1 Å². The molecular formula is C18H21N5O2. The van der Waals surface area contributed by atoms with Crippen molar-refractivity contribution in [2.75, 3.05) is 6.54 Å². The van der Waals surface area contributed by atoms with Gasteiger partial charge in [-0.3, -0.25) is 4.79 Å². The molecule has 0 spiro atoms. The molecule has 0 bridgehead atoms. The molecule has 1 atom stereocenters. The third kappa shape index (κ3) is 3.14. The van der Waals surface area contributed by atoms with Crippen molar-refractivity contribution in [3.05, 3.63) is 41.8 Å². The highest BCUT2D eigenvalue weighted by atomic mass is 16.5. The summed E-state index contributed by atoms with van der Waals surface area (Å²) in [5.74, 6) is 1.25. The van der Waals surface area contributed by atoms with Crippen LogP contribution in [-0.4, -0.2) is 37.5 Å². The average molecular weight is 339 g/mol.